The van der Waals surface area contributed by atoms with Gasteiger partial charge in [0.05, 0.1) is 0 Å². The maximum absolute atomic E-state index is 12.1. The fraction of sp³-hybridized carbons (Fsp3) is 0.500. The Balaban J connectivity index is 1.91. The highest BCUT2D eigenvalue weighted by molar-refractivity contribution is 6.30. The normalized spacial score (nSPS) is 21.5. The van der Waals surface area contributed by atoms with Crippen molar-refractivity contribution in [1.29, 1.82) is 0 Å². The monoisotopic (exact) mass is 325 g/mol. The number of rotatable bonds is 3. The lowest BCUT2D eigenvalue weighted by Crippen LogP contribution is -2.44. The van der Waals surface area contributed by atoms with Gasteiger partial charge in [-0.2, -0.15) is 0 Å². The lowest BCUT2D eigenvalue weighted by molar-refractivity contribution is -0.137. The van der Waals surface area contributed by atoms with E-state index in [0.29, 0.717) is 29.9 Å². The van der Waals surface area contributed by atoms with Crippen LogP contribution >= 0.6 is 11.6 Å². The maximum atomic E-state index is 12.1. The molecule has 120 valence electrons. The van der Waals surface area contributed by atoms with Crippen molar-refractivity contribution in [2.24, 2.45) is 11.8 Å². The van der Waals surface area contributed by atoms with Gasteiger partial charge in [-0.1, -0.05) is 25.4 Å². The van der Waals surface area contributed by atoms with Gasteiger partial charge in [-0.25, -0.2) is 4.79 Å². The van der Waals surface area contributed by atoms with E-state index in [0.717, 1.165) is 6.42 Å². The van der Waals surface area contributed by atoms with Gasteiger partial charge in [0.25, 0.3) is 5.91 Å². The third-order valence-corrected chi connectivity index (χ3v) is 3.96. The van der Waals surface area contributed by atoms with Crippen LogP contribution in [0.3, 0.4) is 0 Å². The van der Waals surface area contributed by atoms with Crippen LogP contribution in [0.5, 0.6) is 5.75 Å². The highest BCUT2D eigenvalue weighted by Gasteiger charge is 2.26. The summed E-state index contributed by atoms with van der Waals surface area (Å²) < 4.78 is 5.00. The number of nitrogens with zero attached hydrogens (tertiary/aromatic N) is 1. The summed E-state index contributed by atoms with van der Waals surface area (Å²) in [6.07, 6.45) is 1.10. The first-order chi connectivity index (χ1) is 10.4. The number of aromatic hydroxyl groups is 1. The Morgan fingerprint density at radius 2 is 1.95 bits per heavy atom. The van der Waals surface area contributed by atoms with Crippen molar-refractivity contribution in [3.8, 4) is 5.75 Å². The minimum atomic E-state index is -0.736. The van der Waals surface area contributed by atoms with E-state index < -0.39 is 5.97 Å². The van der Waals surface area contributed by atoms with Gasteiger partial charge < -0.3 is 14.7 Å². The maximum Gasteiger partial charge on any atom is 0.342 e. The van der Waals surface area contributed by atoms with Crippen LogP contribution in [0, 0.1) is 11.8 Å². The number of phenols is 1. The molecule has 1 aromatic carbocycles. The highest BCUT2D eigenvalue weighted by Crippen LogP contribution is 2.23. The molecule has 22 heavy (non-hydrogen) atoms. The van der Waals surface area contributed by atoms with Crippen LogP contribution in [0.15, 0.2) is 18.2 Å². The van der Waals surface area contributed by atoms with Crippen LogP contribution in [0.1, 0.15) is 30.6 Å². The molecule has 5 nitrogen and oxygen atoms in total. The van der Waals surface area contributed by atoms with Gasteiger partial charge in [-0.15, -0.1) is 0 Å². The summed E-state index contributed by atoms with van der Waals surface area (Å²) in [6, 6.07) is 4.11. The van der Waals surface area contributed by atoms with Gasteiger partial charge in [0.15, 0.2) is 6.61 Å². The largest absolute Gasteiger partial charge is 0.507 e. The predicted octanol–water partition coefficient (Wildman–Crippen LogP) is 2.71. The molecule has 0 bridgehead atoms. The Bertz CT molecular complexity index is 565. The summed E-state index contributed by atoms with van der Waals surface area (Å²) in [7, 11) is 0. The molecule has 1 aromatic rings. The number of carbonyl (C=O) groups is 2. The van der Waals surface area contributed by atoms with E-state index in [1.807, 2.05) is 0 Å². The van der Waals surface area contributed by atoms with E-state index >= 15 is 0 Å². The number of benzene rings is 1. The van der Waals surface area contributed by atoms with Crippen LogP contribution in [0.4, 0.5) is 0 Å². The number of amides is 1. The molecule has 0 unspecified atom stereocenters. The predicted molar refractivity (Wildman–Crippen MR) is 82.9 cm³/mol. The number of hydrogen-bond acceptors (Lipinski definition) is 4. The van der Waals surface area contributed by atoms with Gasteiger partial charge in [0, 0.05) is 18.1 Å². The molecule has 1 aliphatic heterocycles. The number of carbonyl (C=O) groups excluding carboxylic acids is 2. The molecule has 1 aliphatic rings. The summed E-state index contributed by atoms with van der Waals surface area (Å²) in [4.78, 5) is 25.8. The van der Waals surface area contributed by atoms with E-state index in [2.05, 4.69) is 13.8 Å². The second-order valence-electron chi connectivity index (χ2n) is 5.98. The second kappa shape index (κ2) is 7.01. The molecule has 1 N–H and O–H groups in total. The van der Waals surface area contributed by atoms with Gasteiger partial charge >= 0.3 is 5.97 Å². The Kier molecular flexibility index (Phi) is 5.29. The third kappa shape index (κ3) is 4.13. The zero-order valence-electron chi connectivity index (χ0n) is 12.7. The smallest absolute Gasteiger partial charge is 0.342 e. The Morgan fingerprint density at radius 1 is 1.32 bits per heavy atom. The van der Waals surface area contributed by atoms with Crippen molar-refractivity contribution in [1.82, 2.24) is 4.90 Å². The lowest BCUT2D eigenvalue weighted by atomic mass is 9.92. The molecule has 0 spiro atoms. The molecule has 1 amide bonds. The Labute approximate surface area is 134 Å². The molecule has 0 aromatic heterocycles. The van der Waals surface area contributed by atoms with E-state index in [9.17, 15) is 14.7 Å². The summed E-state index contributed by atoms with van der Waals surface area (Å²) in [5.74, 6) is -0.307. The van der Waals surface area contributed by atoms with Crippen LogP contribution < -0.4 is 0 Å². The summed E-state index contributed by atoms with van der Waals surface area (Å²) in [6.45, 7) is 5.27. The minimum Gasteiger partial charge on any atom is -0.507 e. The van der Waals surface area contributed by atoms with Crippen molar-refractivity contribution in [2.75, 3.05) is 19.7 Å². The molecule has 1 fully saturated rings. The van der Waals surface area contributed by atoms with Gasteiger partial charge in [0.2, 0.25) is 0 Å². The van der Waals surface area contributed by atoms with E-state index in [1.165, 1.54) is 18.2 Å². The zero-order chi connectivity index (χ0) is 16.3. The summed E-state index contributed by atoms with van der Waals surface area (Å²) in [5, 5.41) is 9.99. The number of ether oxygens (including phenoxy) is 1. The third-order valence-electron chi connectivity index (χ3n) is 3.73. The first kappa shape index (κ1) is 16.6. The van der Waals surface area contributed by atoms with Crippen LogP contribution in [0.25, 0.3) is 0 Å². The fourth-order valence-corrected chi connectivity index (χ4v) is 3.01. The average molecular weight is 326 g/mol. The zero-order valence-corrected chi connectivity index (χ0v) is 13.5. The molecular formula is C16H20ClNO4. The number of hydrogen-bond donors (Lipinski definition) is 1. The van der Waals surface area contributed by atoms with Crippen molar-refractivity contribution < 1.29 is 19.4 Å². The van der Waals surface area contributed by atoms with Crippen LogP contribution in [-0.2, 0) is 9.53 Å². The van der Waals surface area contributed by atoms with Crippen molar-refractivity contribution >= 4 is 23.5 Å². The second-order valence-corrected chi connectivity index (χ2v) is 6.42. The first-order valence-corrected chi connectivity index (χ1v) is 7.68. The molecule has 1 saturated heterocycles. The lowest BCUT2D eigenvalue weighted by Gasteiger charge is -2.34. The first-order valence-electron chi connectivity index (χ1n) is 7.30. The topological polar surface area (TPSA) is 66.8 Å². The molecule has 2 atom stereocenters. The van der Waals surface area contributed by atoms with Gasteiger partial charge in [-0.3, -0.25) is 4.79 Å². The molecular weight excluding hydrogens is 306 g/mol. The average Bonchev–Trinajstić information content (AvgIpc) is 2.43. The number of likely N-dealkylation sites (tertiary alicyclic amines) is 1. The minimum absolute atomic E-state index is 0.00224. The van der Waals surface area contributed by atoms with E-state index in [4.69, 9.17) is 16.3 Å². The van der Waals surface area contributed by atoms with Crippen molar-refractivity contribution in [2.45, 2.75) is 20.3 Å². The van der Waals surface area contributed by atoms with Gasteiger partial charge in [-0.05, 0) is 36.5 Å². The van der Waals surface area contributed by atoms with E-state index in [-0.39, 0.29) is 23.8 Å². The SMILES string of the molecule is C[C@@H]1C[C@H](C)CN(C(=O)COC(=O)c2ccc(Cl)cc2O)C1. The standard InChI is InChI=1S/C16H20ClNO4/c1-10-5-11(2)8-18(7-10)15(20)9-22-16(21)13-4-3-12(17)6-14(13)19/h3-4,6,10-11,19H,5,7-9H2,1-2H3/t10-,11+. The molecule has 0 radical (unpaired) electrons. The number of esters is 1. The van der Waals surface area contributed by atoms with Crippen LogP contribution in [0.2, 0.25) is 5.02 Å². The molecule has 0 saturated carbocycles. The van der Waals surface area contributed by atoms with E-state index in [1.54, 1.807) is 4.90 Å². The van der Waals surface area contributed by atoms with Crippen molar-refractivity contribution in [3.05, 3.63) is 28.8 Å². The summed E-state index contributed by atoms with van der Waals surface area (Å²) in [5.41, 5.74) is -0.00224. The Hall–Kier alpha value is -1.75. The van der Waals surface area contributed by atoms with Gasteiger partial charge in [0.1, 0.15) is 11.3 Å². The Morgan fingerprint density at radius 3 is 2.55 bits per heavy atom. The number of piperidine rings is 1. The number of phenolic OH excluding ortho intramolecular Hbond substituents is 1. The highest BCUT2D eigenvalue weighted by atomic mass is 35.5. The molecule has 1 heterocycles. The summed E-state index contributed by atoms with van der Waals surface area (Å²) >= 11 is 5.71. The quantitative estimate of drug-likeness (QED) is 0.868. The molecule has 6 heteroatoms. The molecule has 2 rings (SSSR count). The number of halogens is 1. The van der Waals surface area contributed by atoms with Crippen LogP contribution in [-0.4, -0.2) is 41.6 Å². The van der Waals surface area contributed by atoms with Crippen molar-refractivity contribution in [3.63, 3.8) is 0 Å². The molecule has 0 aliphatic carbocycles. The fourth-order valence-electron chi connectivity index (χ4n) is 2.84.